The van der Waals surface area contributed by atoms with Crippen molar-refractivity contribution in [2.24, 2.45) is 5.92 Å². The van der Waals surface area contributed by atoms with Crippen molar-refractivity contribution < 1.29 is 22.0 Å². The van der Waals surface area contributed by atoms with Gasteiger partial charge in [-0.2, -0.15) is 0 Å². The number of carbonyl (C=O) groups excluding carboxylic acids is 1. The van der Waals surface area contributed by atoms with Crippen molar-refractivity contribution in [3.8, 4) is 11.1 Å². The summed E-state index contributed by atoms with van der Waals surface area (Å²) in [5, 5.41) is 0. The Morgan fingerprint density at radius 3 is 2.53 bits per heavy atom. The zero-order valence-corrected chi connectivity index (χ0v) is 18.0. The summed E-state index contributed by atoms with van der Waals surface area (Å²) in [7, 11) is -3.49. The molecule has 2 aromatic rings. The van der Waals surface area contributed by atoms with Gasteiger partial charge in [0.05, 0.1) is 12.3 Å². The van der Waals surface area contributed by atoms with Crippen molar-refractivity contribution in [3.63, 3.8) is 0 Å². The van der Waals surface area contributed by atoms with Crippen molar-refractivity contribution in [2.45, 2.75) is 38.8 Å². The van der Waals surface area contributed by atoms with Gasteiger partial charge < -0.3 is 4.90 Å². The van der Waals surface area contributed by atoms with E-state index in [1.54, 1.807) is 43.0 Å². The molecule has 0 bridgehead atoms. The molecule has 1 saturated heterocycles. The Bertz CT molecular complexity index is 1040. The van der Waals surface area contributed by atoms with Crippen molar-refractivity contribution in [2.75, 3.05) is 12.8 Å². The Morgan fingerprint density at radius 1 is 1.20 bits per heavy atom. The molecule has 2 aromatic carbocycles. The minimum atomic E-state index is -3.49. The standard InChI is InChI=1S/C22H26F2N2O3S/c1-14(2)22(27)26-11-10-19(25-30(3,28)29)20(26)13-16-7-5-9-18(21(16)24)15-6-4-8-17(23)12-15/h4-9,12,14,19-20,25H,10-11,13H2,1-3H3/t19-,20-/m0/s1. The summed E-state index contributed by atoms with van der Waals surface area (Å²) in [5.41, 5.74) is 1.03. The quantitative estimate of drug-likeness (QED) is 0.755. The molecule has 0 aromatic heterocycles. The highest BCUT2D eigenvalue weighted by molar-refractivity contribution is 7.88. The number of hydrogen-bond donors (Lipinski definition) is 1. The summed E-state index contributed by atoms with van der Waals surface area (Å²) in [6, 6.07) is 9.57. The predicted octanol–water partition coefficient (Wildman–Crippen LogP) is 3.35. The van der Waals surface area contributed by atoms with E-state index < -0.39 is 33.7 Å². The Morgan fingerprint density at radius 2 is 1.90 bits per heavy atom. The average molecular weight is 437 g/mol. The summed E-state index contributed by atoms with van der Waals surface area (Å²) >= 11 is 0. The first-order chi connectivity index (χ1) is 14.1. The SMILES string of the molecule is CC(C)C(=O)N1CC[C@H](NS(C)(=O)=O)[C@@H]1Cc1cccc(-c2cccc(F)c2)c1F. The van der Waals surface area contributed by atoms with Gasteiger partial charge in [-0.05, 0) is 36.1 Å². The van der Waals surface area contributed by atoms with Crippen LogP contribution in [0.3, 0.4) is 0 Å². The lowest BCUT2D eigenvalue weighted by molar-refractivity contribution is -0.135. The minimum Gasteiger partial charge on any atom is -0.337 e. The number of hydrogen-bond acceptors (Lipinski definition) is 3. The van der Waals surface area contributed by atoms with Gasteiger partial charge in [-0.1, -0.05) is 44.2 Å². The number of nitrogens with zero attached hydrogens (tertiary/aromatic N) is 1. The molecule has 1 aliphatic rings. The molecule has 3 rings (SSSR count). The number of rotatable bonds is 6. The second-order valence-electron chi connectivity index (χ2n) is 8.03. The number of carbonyl (C=O) groups is 1. The van der Waals surface area contributed by atoms with Crippen LogP contribution in [-0.2, 0) is 21.2 Å². The average Bonchev–Trinajstić information content (AvgIpc) is 3.03. The van der Waals surface area contributed by atoms with Gasteiger partial charge in [-0.3, -0.25) is 4.79 Å². The van der Waals surface area contributed by atoms with Gasteiger partial charge in [0.15, 0.2) is 0 Å². The van der Waals surface area contributed by atoms with Crippen LogP contribution < -0.4 is 4.72 Å². The molecule has 1 amide bonds. The van der Waals surface area contributed by atoms with Crippen molar-refractivity contribution in [3.05, 3.63) is 59.7 Å². The lowest BCUT2D eigenvalue weighted by Gasteiger charge is -2.30. The van der Waals surface area contributed by atoms with Crippen molar-refractivity contribution in [1.82, 2.24) is 9.62 Å². The summed E-state index contributed by atoms with van der Waals surface area (Å²) in [4.78, 5) is 14.3. The van der Waals surface area contributed by atoms with Gasteiger partial charge in [-0.25, -0.2) is 21.9 Å². The van der Waals surface area contributed by atoms with Crippen LogP contribution in [0.5, 0.6) is 0 Å². The zero-order valence-electron chi connectivity index (χ0n) is 17.2. The van der Waals surface area contributed by atoms with Gasteiger partial charge in [0.1, 0.15) is 11.6 Å². The molecule has 0 spiro atoms. The minimum absolute atomic E-state index is 0.0977. The van der Waals surface area contributed by atoms with Gasteiger partial charge in [0, 0.05) is 24.1 Å². The van der Waals surface area contributed by atoms with Gasteiger partial charge in [0.25, 0.3) is 0 Å². The summed E-state index contributed by atoms with van der Waals surface area (Å²) in [6.45, 7) is 3.96. The molecule has 1 N–H and O–H groups in total. The number of nitrogens with one attached hydrogen (secondary N) is 1. The van der Waals surface area contributed by atoms with E-state index in [0.717, 1.165) is 6.26 Å². The molecule has 8 heteroatoms. The molecule has 1 aliphatic heterocycles. The third kappa shape index (κ3) is 5.05. The van der Waals surface area contributed by atoms with Crippen LogP contribution in [0.4, 0.5) is 8.78 Å². The lowest BCUT2D eigenvalue weighted by atomic mass is 9.95. The van der Waals surface area contributed by atoms with Gasteiger partial charge in [-0.15, -0.1) is 0 Å². The van der Waals surface area contributed by atoms with E-state index in [4.69, 9.17) is 0 Å². The van der Waals surface area contributed by atoms with E-state index in [-0.39, 0.29) is 23.8 Å². The van der Waals surface area contributed by atoms with Gasteiger partial charge >= 0.3 is 0 Å². The Balaban J connectivity index is 1.96. The third-order valence-corrected chi connectivity index (χ3v) is 6.06. The maximum atomic E-state index is 15.3. The molecule has 1 fully saturated rings. The molecule has 0 radical (unpaired) electrons. The number of likely N-dealkylation sites (tertiary alicyclic amines) is 1. The van der Waals surface area contributed by atoms with Crippen LogP contribution in [0.1, 0.15) is 25.8 Å². The highest BCUT2D eigenvalue weighted by Crippen LogP contribution is 2.29. The fraction of sp³-hybridized carbons (Fsp3) is 0.409. The van der Waals surface area contributed by atoms with E-state index >= 15 is 4.39 Å². The normalized spacial score (nSPS) is 19.5. The van der Waals surface area contributed by atoms with E-state index in [2.05, 4.69) is 4.72 Å². The first kappa shape index (κ1) is 22.4. The number of sulfonamides is 1. The first-order valence-corrected chi connectivity index (χ1v) is 11.8. The fourth-order valence-corrected chi connectivity index (χ4v) is 4.79. The Kier molecular flexibility index (Phi) is 6.57. The zero-order chi connectivity index (χ0) is 22.1. The fourth-order valence-electron chi connectivity index (χ4n) is 3.97. The second-order valence-corrected chi connectivity index (χ2v) is 9.81. The maximum Gasteiger partial charge on any atom is 0.225 e. The van der Waals surface area contributed by atoms with E-state index in [1.165, 1.54) is 18.2 Å². The second kappa shape index (κ2) is 8.81. The van der Waals surface area contributed by atoms with Crippen LogP contribution in [0.15, 0.2) is 42.5 Å². The largest absolute Gasteiger partial charge is 0.337 e. The molecular weight excluding hydrogens is 410 g/mol. The van der Waals surface area contributed by atoms with E-state index in [1.807, 2.05) is 0 Å². The van der Waals surface area contributed by atoms with Crippen LogP contribution >= 0.6 is 0 Å². The molecule has 0 saturated carbocycles. The van der Waals surface area contributed by atoms with E-state index in [9.17, 15) is 17.6 Å². The van der Waals surface area contributed by atoms with Crippen LogP contribution in [0.2, 0.25) is 0 Å². The molecule has 1 heterocycles. The van der Waals surface area contributed by atoms with Crippen molar-refractivity contribution >= 4 is 15.9 Å². The summed E-state index contributed by atoms with van der Waals surface area (Å²) in [6.07, 6.45) is 1.68. The molecule has 0 aliphatic carbocycles. The summed E-state index contributed by atoms with van der Waals surface area (Å²) < 4.78 is 55.1. The molecule has 5 nitrogen and oxygen atoms in total. The summed E-state index contributed by atoms with van der Waals surface area (Å²) in [5.74, 6) is -1.31. The predicted molar refractivity (Wildman–Crippen MR) is 112 cm³/mol. The molecule has 162 valence electrons. The molecule has 0 unspecified atom stereocenters. The smallest absolute Gasteiger partial charge is 0.225 e. The van der Waals surface area contributed by atoms with Crippen LogP contribution in [-0.4, -0.2) is 44.1 Å². The topological polar surface area (TPSA) is 66.5 Å². The maximum absolute atomic E-state index is 15.3. The van der Waals surface area contributed by atoms with Gasteiger partial charge in [0.2, 0.25) is 15.9 Å². The molecular formula is C22H26F2N2O3S. The highest BCUT2D eigenvalue weighted by atomic mass is 32.2. The lowest BCUT2D eigenvalue weighted by Crippen LogP contribution is -2.48. The Hall–Kier alpha value is -2.32. The Labute approximate surface area is 176 Å². The first-order valence-electron chi connectivity index (χ1n) is 9.88. The van der Waals surface area contributed by atoms with Crippen LogP contribution in [0, 0.1) is 17.6 Å². The van der Waals surface area contributed by atoms with E-state index in [0.29, 0.717) is 24.1 Å². The van der Waals surface area contributed by atoms with Crippen LogP contribution in [0.25, 0.3) is 11.1 Å². The molecule has 2 atom stereocenters. The monoisotopic (exact) mass is 436 g/mol. The molecule has 30 heavy (non-hydrogen) atoms. The number of benzene rings is 2. The number of halogens is 2. The third-order valence-electron chi connectivity index (χ3n) is 5.33. The number of amides is 1. The van der Waals surface area contributed by atoms with Crippen molar-refractivity contribution in [1.29, 1.82) is 0 Å². The highest BCUT2D eigenvalue weighted by Gasteiger charge is 2.39.